The molecule has 154 valence electrons. The molecule has 0 bridgehead atoms. The summed E-state index contributed by atoms with van der Waals surface area (Å²) in [6.07, 6.45) is 2.48. The standard InChI is InChI=1S/C19H39N5O.HI/c1-5-20-19(21-13-17-6-7-23(4)15-17)22-14-18(12-16(2)3)24-8-10-25-11-9-24;/h16-18H,5-15H2,1-4H3,(H2,20,21,22);1H. The normalized spacial score (nSPS) is 23.7. The molecule has 2 atom stereocenters. The van der Waals surface area contributed by atoms with Crippen LogP contribution < -0.4 is 10.6 Å². The fraction of sp³-hybridized carbons (Fsp3) is 0.947. The number of hydrogen-bond donors (Lipinski definition) is 2. The molecule has 0 radical (unpaired) electrons. The first-order valence-electron chi connectivity index (χ1n) is 10.1. The predicted molar refractivity (Wildman–Crippen MR) is 121 cm³/mol. The minimum atomic E-state index is 0. The maximum Gasteiger partial charge on any atom is 0.191 e. The van der Waals surface area contributed by atoms with E-state index in [0.717, 1.165) is 57.8 Å². The number of rotatable bonds is 8. The topological polar surface area (TPSA) is 52.1 Å². The van der Waals surface area contributed by atoms with Crippen LogP contribution in [0.25, 0.3) is 0 Å². The van der Waals surface area contributed by atoms with Crippen molar-refractivity contribution >= 4 is 29.9 Å². The smallest absolute Gasteiger partial charge is 0.191 e. The monoisotopic (exact) mass is 481 g/mol. The lowest BCUT2D eigenvalue weighted by Crippen LogP contribution is -2.46. The van der Waals surface area contributed by atoms with Gasteiger partial charge in [-0.3, -0.25) is 9.89 Å². The van der Waals surface area contributed by atoms with Gasteiger partial charge in [0.05, 0.1) is 19.8 Å². The van der Waals surface area contributed by atoms with Gasteiger partial charge in [0.15, 0.2) is 5.96 Å². The molecule has 2 unspecified atom stereocenters. The second-order valence-corrected chi connectivity index (χ2v) is 7.95. The van der Waals surface area contributed by atoms with E-state index in [2.05, 4.69) is 48.3 Å². The minimum absolute atomic E-state index is 0. The van der Waals surface area contributed by atoms with Crippen molar-refractivity contribution in [1.82, 2.24) is 20.4 Å². The van der Waals surface area contributed by atoms with Gasteiger partial charge in [0.1, 0.15) is 0 Å². The zero-order valence-electron chi connectivity index (χ0n) is 17.2. The third kappa shape index (κ3) is 8.71. The second kappa shape index (κ2) is 13.1. The summed E-state index contributed by atoms with van der Waals surface area (Å²) in [5.41, 5.74) is 0. The highest BCUT2D eigenvalue weighted by Crippen LogP contribution is 2.15. The lowest BCUT2D eigenvalue weighted by atomic mass is 10.0. The third-order valence-corrected chi connectivity index (χ3v) is 5.16. The molecule has 0 amide bonds. The van der Waals surface area contributed by atoms with Gasteiger partial charge in [0.25, 0.3) is 0 Å². The van der Waals surface area contributed by atoms with E-state index >= 15 is 0 Å². The van der Waals surface area contributed by atoms with Crippen molar-refractivity contribution in [3.05, 3.63) is 0 Å². The molecule has 6 nitrogen and oxygen atoms in total. The molecule has 0 aromatic heterocycles. The Kier molecular flexibility index (Phi) is 12.1. The number of halogens is 1. The van der Waals surface area contributed by atoms with Gasteiger partial charge in [-0.15, -0.1) is 24.0 Å². The summed E-state index contributed by atoms with van der Waals surface area (Å²) in [4.78, 5) is 9.89. The highest BCUT2D eigenvalue weighted by Gasteiger charge is 2.22. The van der Waals surface area contributed by atoms with Crippen molar-refractivity contribution in [2.75, 3.05) is 66.1 Å². The van der Waals surface area contributed by atoms with Gasteiger partial charge in [0, 0.05) is 38.8 Å². The largest absolute Gasteiger partial charge is 0.379 e. The van der Waals surface area contributed by atoms with Crippen LogP contribution in [0.4, 0.5) is 0 Å². The molecule has 2 rings (SSSR count). The van der Waals surface area contributed by atoms with Crippen LogP contribution >= 0.6 is 24.0 Å². The van der Waals surface area contributed by atoms with Crippen LogP contribution in [0.2, 0.25) is 0 Å². The number of hydrogen-bond acceptors (Lipinski definition) is 4. The van der Waals surface area contributed by atoms with E-state index in [4.69, 9.17) is 9.73 Å². The molecule has 0 aromatic rings. The third-order valence-electron chi connectivity index (χ3n) is 5.16. The van der Waals surface area contributed by atoms with Gasteiger partial charge in [0.2, 0.25) is 0 Å². The highest BCUT2D eigenvalue weighted by molar-refractivity contribution is 14.0. The van der Waals surface area contributed by atoms with Crippen LogP contribution in [0.5, 0.6) is 0 Å². The van der Waals surface area contributed by atoms with Crippen molar-refractivity contribution < 1.29 is 4.74 Å². The molecular weight excluding hydrogens is 441 g/mol. The van der Waals surface area contributed by atoms with Crippen LogP contribution in [-0.4, -0.2) is 87.9 Å². The van der Waals surface area contributed by atoms with Crippen LogP contribution in [0, 0.1) is 11.8 Å². The molecule has 2 aliphatic heterocycles. The van der Waals surface area contributed by atoms with Crippen molar-refractivity contribution in [1.29, 1.82) is 0 Å². The number of likely N-dealkylation sites (tertiary alicyclic amines) is 1. The quantitative estimate of drug-likeness (QED) is 0.315. The van der Waals surface area contributed by atoms with E-state index in [1.165, 1.54) is 25.9 Å². The summed E-state index contributed by atoms with van der Waals surface area (Å²) in [5, 5.41) is 6.98. The average Bonchev–Trinajstić information content (AvgIpc) is 3.02. The molecule has 0 saturated carbocycles. The van der Waals surface area contributed by atoms with E-state index in [9.17, 15) is 0 Å². The Labute approximate surface area is 177 Å². The number of ether oxygens (including phenoxy) is 1. The summed E-state index contributed by atoms with van der Waals surface area (Å²) in [7, 11) is 2.21. The summed E-state index contributed by atoms with van der Waals surface area (Å²) in [6.45, 7) is 15.7. The van der Waals surface area contributed by atoms with Crippen molar-refractivity contribution in [2.45, 2.75) is 39.7 Å². The summed E-state index contributed by atoms with van der Waals surface area (Å²) in [6, 6.07) is 0.511. The Morgan fingerprint density at radius 3 is 2.50 bits per heavy atom. The zero-order valence-corrected chi connectivity index (χ0v) is 19.5. The van der Waals surface area contributed by atoms with Gasteiger partial charge in [-0.25, -0.2) is 0 Å². The predicted octanol–water partition coefficient (Wildman–Crippen LogP) is 1.86. The van der Waals surface area contributed by atoms with Crippen LogP contribution in [0.3, 0.4) is 0 Å². The van der Waals surface area contributed by atoms with Crippen molar-refractivity contribution in [3.8, 4) is 0 Å². The van der Waals surface area contributed by atoms with Crippen LogP contribution in [0.15, 0.2) is 4.99 Å². The molecule has 2 aliphatic rings. The molecule has 2 fully saturated rings. The zero-order chi connectivity index (χ0) is 18.1. The van der Waals surface area contributed by atoms with Crippen molar-refractivity contribution in [3.63, 3.8) is 0 Å². The Morgan fingerprint density at radius 1 is 1.19 bits per heavy atom. The van der Waals surface area contributed by atoms with Gasteiger partial charge < -0.3 is 20.3 Å². The molecular formula is C19H40IN5O. The first-order chi connectivity index (χ1) is 12.1. The maximum absolute atomic E-state index is 5.52. The lowest BCUT2D eigenvalue weighted by Gasteiger charge is -2.34. The number of aliphatic imine (C=N–C) groups is 1. The van der Waals surface area contributed by atoms with E-state index in [0.29, 0.717) is 12.0 Å². The van der Waals surface area contributed by atoms with E-state index in [-0.39, 0.29) is 24.0 Å². The molecule has 2 heterocycles. The average molecular weight is 481 g/mol. The van der Waals surface area contributed by atoms with Crippen molar-refractivity contribution in [2.24, 2.45) is 16.8 Å². The Bertz CT molecular complexity index is 401. The minimum Gasteiger partial charge on any atom is -0.379 e. The Morgan fingerprint density at radius 2 is 1.92 bits per heavy atom. The molecule has 2 N–H and O–H groups in total. The van der Waals surface area contributed by atoms with E-state index < -0.39 is 0 Å². The van der Waals surface area contributed by atoms with E-state index in [1.807, 2.05) is 0 Å². The molecule has 0 spiro atoms. The van der Waals surface area contributed by atoms with Gasteiger partial charge in [-0.05, 0) is 45.2 Å². The Balaban J connectivity index is 0.00000338. The number of nitrogens with one attached hydrogen (secondary N) is 2. The van der Waals surface area contributed by atoms with Gasteiger partial charge >= 0.3 is 0 Å². The number of nitrogens with zero attached hydrogens (tertiary/aromatic N) is 3. The van der Waals surface area contributed by atoms with Crippen LogP contribution in [0.1, 0.15) is 33.6 Å². The fourth-order valence-electron chi connectivity index (χ4n) is 3.80. The fourth-order valence-corrected chi connectivity index (χ4v) is 3.80. The lowest BCUT2D eigenvalue weighted by molar-refractivity contribution is 0.0143. The van der Waals surface area contributed by atoms with E-state index in [1.54, 1.807) is 0 Å². The van der Waals surface area contributed by atoms with Crippen LogP contribution in [-0.2, 0) is 4.74 Å². The summed E-state index contributed by atoms with van der Waals surface area (Å²) < 4.78 is 5.52. The molecule has 26 heavy (non-hydrogen) atoms. The first kappa shape index (κ1) is 23.9. The highest BCUT2D eigenvalue weighted by atomic mass is 127. The summed E-state index contributed by atoms with van der Waals surface area (Å²) in [5.74, 6) is 2.39. The SMILES string of the molecule is CCNC(=NCC(CC(C)C)N1CCOCC1)NCC1CCN(C)C1.I. The maximum atomic E-state index is 5.52. The number of morpholine rings is 1. The molecule has 7 heteroatoms. The first-order valence-corrected chi connectivity index (χ1v) is 10.1. The van der Waals surface area contributed by atoms with Gasteiger partial charge in [-0.2, -0.15) is 0 Å². The second-order valence-electron chi connectivity index (χ2n) is 7.95. The number of guanidine groups is 1. The Hall–Kier alpha value is -0.120. The summed E-state index contributed by atoms with van der Waals surface area (Å²) >= 11 is 0. The molecule has 0 aliphatic carbocycles. The molecule has 2 saturated heterocycles. The molecule has 0 aromatic carbocycles. The van der Waals surface area contributed by atoms with Gasteiger partial charge in [-0.1, -0.05) is 13.8 Å².